The number of benzene rings is 1. The molecule has 2 N–H and O–H groups in total. The third kappa shape index (κ3) is 2.65. The molecule has 0 saturated heterocycles. The molecule has 1 aromatic rings. The molecule has 2 nitrogen and oxygen atoms in total. The lowest BCUT2D eigenvalue weighted by Crippen LogP contribution is -2.38. The molecule has 0 heterocycles. The Hall–Kier alpha value is -1.18. The smallest absolute Gasteiger partial charge is 0.161 e. The van der Waals surface area contributed by atoms with Gasteiger partial charge in [0.1, 0.15) is 0 Å². The van der Waals surface area contributed by atoms with Crippen LogP contribution in [-0.4, -0.2) is 10.2 Å². The van der Waals surface area contributed by atoms with Crippen molar-refractivity contribution in [2.75, 3.05) is 0 Å². The van der Waals surface area contributed by atoms with Gasteiger partial charge in [0, 0.05) is 11.0 Å². The van der Waals surface area contributed by atoms with Crippen LogP contribution in [0.15, 0.2) is 18.2 Å². The molecule has 0 amide bonds. The van der Waals surface area contributed by atoms with Gasteiger partial charge in [-0.3, -0.25) is 0 Å². The Morgan fingerprint density at radius 3 is 2.65 bits per heavy atom. The van der Waals surface area contributed by atoms with E-state index < -0.39 is 0 Å². The average molecular weight is 276 g/mol. The van der Waals surface area contributed by atoms with Gasteiger partial charge in [0.25, 0.3) is 0 Å². The van der Waals surface area contributed by atoms with Crippen molar-refractivity contribution < 1.29 is 10.2 Å². The van der Waals surface area contributed by atoms with Crippen molar-refractivity contribution in [3.05, 3.63) is 23.8 Å². The quantitative estimate of drug-likeness (QED) is 0.732. The first-order valence-electron chi connectivity index (χ1n) is 8.17. The number of hydrogen-bond donors (Lipinski definition) is 2. The molecule has 2 rings (SSSR count). The van der Waals surface area contributed by atoms with E-state index in [0.29, 0.717) is 5.92 Å². The second-order valence-corrected chi connectivity index (χ2v) is 6.31. The SMILES string of the molecule is CCCC1CCCCC1(CCC)c1cccc(O)c1O. The fourth-order valence-corrected chi connectivity index (χ4v) is 4.28. The first kappa shape index (κ1) is 15.2. The fourth-order valence-electron chi connectivity index (χ4n) is 4.28. The van der Waals surface area contributed by atoms with Crippen LogP contribution >= 0.6 is 0 Å². The lowest BCUT2D eigenvalue weighted by molar-refractivity contribution is 0.153. The Bertz CT molecular complexity index is 435. The van der Waals surface area contributed by atoms with Crippen LogP contribution in [0.2, 0.25) is 0 Å². The maximum absolute atomic E-state index is 10.4. The highest BCUT2D eigenvalue weighted by Gasteiger charge is 2.42. The molecule has 0 spiro atoms. The molecule has 112 valence electrons. The van der Waals surface area contributed by atoms with Crippen molar-refractivity contribution in [2.45, 2.75) is 70.6 Å². The van der Waals surface area contributed by atoms with Crippen LogP contribution in [0, 0.1) is 5.92 Å². The number of aromatic hydroxyl groups is 2. The summed E-state index contributed by atoms with van der Waals surface area (Å²) in [5, 5.41) is 20.3. The van der Waals surface area contributed by atoms with Crippen LogP contribution in [0.5, 0.6) is 11.5 Å². The molecule has 0 bridgehead atoms. The van der Waals surface area contributed by atoms with Crippen LogP contribution in [-0.2, 0) is 5.41 Å². The van der Waals surface area contributed by atoms with Crippen LogP contribution in [0.1, 0.15) is 70.8 Å². The standard InChI is InChI=1S/C18H28O2/c1-3-8-14-9-5-6-13-18(14,12-4-2)15-10-7-11-16(19)17(15)20/h7,10-11,14,19-20H,3-6,8-9,12-13H2,1-2H3. The zero-order valence-corrected chi connectivity index (χ0v) is 12.9. The Kier molecular flexibility index (Phi) is 4.95. The zero-order chi connectivity index (χ0) is 14.6. The van der Waals surface area contributed by atoms with Crippen molar-refractivity contribution in [3.8, 4) is 11.5 Å². The van der Waals surface area contributed by atoms with E-state index >= 15 is 0 Å². The summed E-state index contributed by atoms with van der Waals surface area (Å²) in [6.07, 6.45) is 9.56. The molecule has 0 aromatic heterocycles. The maximum atomic E-state index is 10.4. The van der Waals surface area contributed by atoms with Crippen molar-refractivity contribution in [1.29, 1.82) is 0 Å². The minimum absolute atomic E-state index is 0.0267. The summed E-state index contributed by atoms with van der Waals surface area (Å²) in [4.78, 5) is 0. The lowest BCUT2D eigenvalue weighted by atomic mass is 9.59. The first-order valence-corrected chi connectivity index (χ1v) is 8.17. The number of hydrogen-bond acceptors (Lipinski definition) is 2. The topological polar surface area (TPSA) is 40.5 Å². The van der Waals surface area contributed by atoms with Crippen molar-refractivity contribution in [1.82, 2.24) is 0 Å². The second kappa shape index (κ2) is 6.51. The van der Waals surface area contributed by atoms with Gasteiger partial charge in [-0.25, -0.2) is 0 Å². The number of phenols is 2. The molecule has 2 atom stereocenters. The summed E-state index contributed by atoms with van der Waals surface area (Å²) in [6.45, 7) is 4.47. The van der Waals surface area contributed by atoms with E-state index in [1.54, 1.807) is 6.07 Å². The average Bonchev–Trinajstić information content (AvgIpc) is 2.44. The summed E-state index contributed by atoms with van der Waals surface area (Å²) >= 11 is 0. The molecule has 1 aliphatic rings. The second-order valence-electron chi connectivity index (χ2n) is 6.31. The number of para-hydroxylation sites is 1. The predicted octanol–water partition coefficient (Wildman–Crippen LogP) is 5.13. The summed E-state index contributed by atoms with van der Waals surface area (Å²) in [7, 11) is 0. The largest absolute Gasteiger partial charge is 0.504 e. The minimum Gasteiger partial charge on any atom is -0.504 e. The van der Waals surface area contributed by atoms with Crippen LogP contribution < -0.4 is 0 Å². The van der Waals surface area contributed by atoms with E-state index in [4.69, 9.17) is 0 Å². The molecule has 2 heteroatoms. The van der Waals surface area contributed by atoms with Crippen LogP contribution in [0.3, 0.4) is 0 Å². The van der Waals surface area contributed by atoms with Crippen molar-refractivity contribution in [2.24, 2.45) is 5.92 Å². The molecule has 0 radical (unpaired) electrons. The normalized spacial score (nSPS) is 26.6. The summed E-state index contributed by atoms with van der Waals surface area (Å²) < 4.78 is 0. The van der Waals surface area contributed by atoms with Gasteiger partial charge in [-0.15, -0.1) is 0 Å². The van der Waals surface area contributed by atoms with Crippen LogP contribution in [0.4, 0.5) is 0 Å². The number of rotatable bonds is 5. The van der Waals surface area contributed by atoms with E-state index in [1.807, 2.05) is 12.1 Å². The monoisotopic (exact) mass is 276 g/mol. The van der Waals surface area contributed by atoms with Gasteiger partial charge in [-0.05, 0) is 37.7 Å². The van der Waals surface area contributed by atoms with Gasteiger partial charge < -0.3 is 10.2 Å². The Labute approximate surface area is 122 Å². The number of phenolic OH excluding ortho intramolecular Hbond substituents is 2. The van der Waals surface area contributed by atoms with E-state index in [-0.39, 0.29) is 16.9 Å². The Balaban J connectivity index is 2.48. The summed E-state index contributed by atoms with van der Waals surface area (Å²) in [6, 6.07) is 5.48. The third-order valence-electron chi connectivity index (χ3n) is 5.09. The van der Waals surface area contributed by atoms with Gasteiger partial charge in [0.15, 0.2) is 11.5 Å². The molecular formula is C18H28O2. The lowest BCUT2D eigenvalue weighted by Gasteiger charge is -2.45. The molecule has 2 unspecified atom stereocenters. The summed E-state index contributed by atoms with van der Waals surface area (Å²) in [5.74, 6) is 0.775. The Morgan fingerprint density at radius 2 is 1.95 bits per heavy atom. The molecule has 1 saturated carbocycles. The maximum Gasteiger partial charge on any atom is 0.161 e. The highest BCUT2D eigenvalue weighted by molar-refractivity contribution is 5.48. The molecule has 20 heavy (non-hydrogen) atoms. The van der Waals surface area contributed by atoms with E-state index in [1.165, 1.54) is 32.1 Å². The molecule has 1 fully saturated rings. The van der Waals surface area contributed by atoms with Gasteiger partial charge in [0.05, 0.1) is 0 Å². The Morgan fingerprint density at radius 1 is 1.15 bits per heavy atom. The van der Waals surface area contributed by atoms with Crippen LogP contribution in [0.25, 0.3) is 0 Å². The molecule has 0 aliphatic heterocycles. The predicted molar refractivity (Wildman–Crippen MR) is 83.2 cm³/mol. The minimum atomic E-state index is 0.0267. The van der Waals surface area contributed by atoms with E-state index in [0.717, 1.165) is 24.8 Å². The highest BCUT2D eigenvalue weighted by Crippen LogP contribution is 2.52. The van der Waals surface area contributed by atoms with Gasteiger partial charge in [0.2, 0.25) is 0 Å². The zero-order valence-electron chi connectivity index (χ0n) is 12.9. The highest BCUT2D eigenvalue weighted by atomic mass is 16.3. The van der Waals surface area contributed by atoms with Crippen molar-refractivity contribution >= 4 is 0 Å². The van der Waals surface area contributed by atoms with Gasteiger partial charge in [-0.1, -0.05) is 51.7 Å². The molecular weight excluding hydrogens is 248 g/mol. The van der Waals surface area contributed by atoms with Crippen molar-refractivity contribution in [3.63, 3.8) is 0 Å². The molecule has 1 aromatic carbocycles. The third-order valence-corrected chi connectivity index (χ3v) is 5.09. The van der Waals surface area contributed by atoms with E-state index in [9.17, 15) is 10.2 Å². The fraction of sp³-hybridized carbons (Fsp3) is 0.667. The first-order chi connectivity index (χ1) is 9.65. The molecule has 1 aliphatic carbocycles. The van der Waals surface area contributed by atoms with E-state index in [2.05, 4.69) is 13.8 Å². The summed E-state index contributed by atoms with van der Waals surface area (Å²) in [5.41, 5.74) is 1.05. The van der Waals surface area contributed by atoms with Gasteiger partial charge in [-0.2, -0.15) is 0 Å². The van der Waals surface area contributed by atoms with Gasteiger partial charge >= 0.3 is 0 Å².